The Morgan fingerprint density at radius 1 is 1.07 bits per heavy atom. The van der Waals surface area contributed by atoms with Crippen molar-refractivity contribution in [3.63, 3.8) is 0 Å². The summed E-state index contributed by atoms with van der Waals surface area (Å²) in [6.07, 6.45) is 1.42. The van der Waals surface area contributed by atoms with E-state index in [0.717, 1.165) is 23.8 Å². The van der Waals surface area contributed by atoms with Gasteiger partial charge in [-0.2, -0.15) is 13.5 Å². The highest BCUT2D eigenvalue weighted by Crippen LogP contribution is 2.24. The lowest BCUT2D eigenvalue weighted by Gasteiger charge is -2.09. The first kappa shape index (κ1) is 21.5. The lowest BCUT2D eigenvalue weighted by atomic mass is 10.1. The maximum atomic E-state index is 13.3. The molecule has 0 aliphatic rings. The molecule has 3 aromatic rings. The number of rotatable bonds is 7. The van der Waals surface area contributed by atoms with Crippen LogP contribution < -0.4 is 9.61 Å². The molecule has 0 saturated carbocycles. The van der Waals surface area contributed by atoms with Gasteiger partial charge in [-0.15, -0.1) is 0 Å². The fraction of sp³-hybridized carbons (Fsp3) is 0.0476. The number of nitrogens with zero attached hydrogens (tertiary/aromatic N) is 1. The van der Waals surface area contributed by atoms with Crippen LogP contribution in [0.2, 0.25) is 5.02 Å². The molecule has 0 spiro atoms. The van der Waals surface area contributed by atoms with Crippen LogP contribution in [0.4, 0.5) is 4.39 Å². The summed E-state index contributed by atoms with van der Waals surface area (Å²) < 4.78 is 43.4. The zero-order valence-electron chi connectivity index (χ0n) is 15.5. The zero-order chi connectivity index (χ0) is 21.6. The van der Waals surface area contributed by atoms with Gasteiger partial charge in [0, 0.05) is 5.56 Å². The molecule has 0 radical (unpaired) electrons. The van der Waals surface area contributed by atoms with E-state index in [-0.39, 0.29) is 28.0 Å². The molecule has 1 amide bonds. The van der Waals surface area contributed by atoms with Crippen molar-refractivity contribution in [2.75, 3.05) is 0 Å². The number of hydrogen-bond acceptors (Lipinski definition) is 5. The number of halogens is 2. The predicted molar refractivity (Wildman–Crippen MR) is 112 cm³/mol. The van der Waals surface area contributed by atoms with E-state index in [0.29, 0.717) is 5.56 Å². The predicted octanol–water partition coefficient (Wildman–Crippen LogP) is 3.94. The average molecular weight is 447 g/mol. The number of nitrogens with one attached hydrogen (secondary N) is 1. The van der Waals surface area contributed by atoms with Crippen molar-refractivity contribution >= 4 is 33.8 Å². The van der Waals surface area contributed by atoms with E-state index >= 15 is 0 Å². The van der Waals surface area contributed by atoms with Gasteiger partial charge in [0.2, 0.25) is 5.91 Å². The summed E-state index contributed by atoms with van der Waals surface area (Å²) in [6, 6.07) is 18.3. The van der Waals surface area contributed by atoms with E-state index in [2.05, 4.69) is 10.5 Å². The molecule has 3 aromatic carbocycles. The molecule has 0 aliphatic heterocycles. The van der Waals surface area contributed by atoms with Crippen LogP contribution in [0.1, 0.15) is 11.1 Å². The Bertz CT molecular complexity index is 1180. The highest BCUT2D eigenvalue weighted by atomic mass is 35.5. The van der Waals surface area contributed by atoms with E-state index in [4.69, 9.17) is 15.8 Å². The molecule has 9 heteroatoms. The first-order chi connectivity index (χ1) is 14.3. The van der Waals surface area contributed by atoms with Crippen molar-refractivity contribution in [3.8, 4) is 5.75 Å². The van der Waals surface area contributed by atoms with E-state index in [1.54, 1.807) is 18.2 Å². The van der Waals surface area contributed by atoms with E-state index < -0.39 is 15.9 Å². The minimum Gasteiger partial charge on any atom is -0.378 e. The standard InChI is InChI=1S/C21H16ClFN2O4S/c22-18-13-17(10-11-19(18)23)30(27,28)29-20-9-5-4-8-16(20)14-24-25-21(26)12-15-6-2-1-3-7-15/h1-11,13-14H,12H2,(H,25,26)/b24-14+. The van der Waals surface area contributed by atoms with Gasteiger partial charge in [0.05, 0.1) is 17.7 Å². The molecule has 0 aromatic heterocycles. The minimum absolute atomic E-state index is 0.0148. The molecule has 0 fully saturated rings. The monoisotopic (exact) mass is 446 g/mol. The van der Waals surface area contributed by atoms with Crippen molar-refractivity contribution in [3.05, 3.63) is 94.8 Å². The van der Waals surface area contributed by atoms with Crippen molar-refractivity contribution in [1.29, 1.82) is 0 Å². The van der Waals surface area contributed by atoms with Gasteiger partial charge in [0.25, 0.3) is 0 Å². The molecule has 6 nitrogen and oxygen atoms in total. The zero-order valence-corrected chi connectivity index (χ0v) is 17.0. The minimum atomic E-state index is -4.26. The Labute approximate surface area is 178 Å². The number of benzene rings is 3. The first-order valence-corrected chi connectivity index (χ1v) is 10.5. The first-order valence-electron chi connectivity index (χ1n) is 8.69. The number of hydrogen-bond donors (Lipinski definition) is 1. The molecule has 0 aliphatic carbocycles. The van der Waals surface area contributed by atoms with Crippen LogP contribution in [0.5, 0.6) is 5.75 Å². The highest BCUT2D eigenvalue weighted by molar-refractivity contribution is 7.87. The second kappa shape index (κ2) is 9.51. The highest BCUT2D eigenvalue weighted by Gasteiger charge is 2.19. The van der Waals surface area contributed by atoms with Gasteiger partial charge in [-0.3, -0.25) is 4.79 Å². The fourth-order valence-electron chi connectivity index (χ4n) is 2.46. The SMILES string of the molecule is O=C(Cc1ccccc1)N/N=C/c1ccccc1OS(=O)(=O)c1ccc(F)c(Cl)c1. The summed E-state index contributed by atoms with van der Waals surface area (Å²) in [4.78, 5) is 11.7. The summed E-state index contributed by atoms with van der Waals surface area (Å²) in [5.74, 6) is -1.09. The Morgan fingerprint density at radius 2 is 1.77 bits per heavy atom. The molecule has 154 valence electrons. The molecule has 0 unspecified atom stereocenters. The van der Waals surface area contributed by atoms with Gasteiger partial charge in [-0.25, -0.2) is 9.82 Å². The number of para-hydroxylation sites is 1. The largest absolute Gasteiger partial charge is 0.378 e. The summed E-state index contributed by atoms with van der Waals surface area (Å²) in [5, 5.41) is 3.52. The third kappa shape index (κ3) is 5.65. The summed E-state index contributed by atoms with van der Waals surface area (Å²) in [7, 11) is -4.26. The van der Waals surface area contributed by atoms with Gasteiger partial charge in [0.1, 0.15) is 10.7 Å². The maximum absolute atomic E-state index is 13.3. The maximum Gasteiger partial charge on any atom is 0.339 e. The number of amides is 1. The lowest BCUT2D eigenvalue weighted by molar-refractivity contribution is -0.120. The molecule has 0 bridgehead atoms. The molecule has 0 heterocycles. The topological polar surface area (TPSA) is 84.8 Å². The second-order valence-electron chi connectivity index (χ2n) is 6.11. The van der Waals surface area contributed by atoms with Crippen LogP contribution in [0.25, 0.3) is 0 Å². The molecular weight excluding hydrogens is 431 g/mol. The summed E-state index contributed by atoms with van der Waals surface area (Å²) >= 11 is 5.65. The third-order valence-electron chi connectivity index (χ3n) is 3.90. The van der Waals surface area contributed by atoms with Crippen LogP contribution in [0.15, 0.2) is 82.8 Å². The molecule has 30 heavy (non-hydrogen) atoms. The van der Waals surface area contributed by atoms with Crippen molar-refractivity contribution < 1.29 is 21.8 Å². The van der Waals surface area contributed by atoms with Gasteiger partial charge < -0.3 is 4.18 Å². The van der Waals surface area contributed by atoms with Crippen molar-refractivity contribution in [1.82, 2.24) is 5.43 Å². The normalized spacial score (nSPS) is 11.4. The van der Waals surface area contributed by atoms with Gasteiger partial charge in [-0.05, 0) is 35.9 Å². The molecule has 3 rings (SSSR count). The lowest BCUT2D eigenvalue weighted by Crippen LogP contribution is -2.19. The number of carbonyl (C=O) groups is 1. The fourth-order valence-corrected chi connectivity index (χ4v) is 3.68. The van der Waals surface area contributed by atoms with Crippen LogP contribution in [-0.4, -0.2) is 20.5 Å². The summed E-state index contributed by atoms with van der Waals surface area (Å²) in [5.41, 5.74) is 3.53. The van der Waals surface area contributed by atoms with Gasteiger partial charge >= 0.3 is 10.1 Å². The van der Waals surface area contributed by atoms with Gasteiger partial charge in [0.15, 0.2) is 5.75 Å². The number of carbonyl (C=O) groups excluding carboxylic acids is 1. The third-order valence-corrected chi connectivity index (χ3v) is 5.42. The Hall–Kier alpha value is -3.23. The smallest absolute Gasteiger partial charge is 0.339 e. The molecule has 0 saturated heterocycles. The molecule has 0 atom stereocenters. The van der Waals surface area contributed by atoms with E-state index in [1.807, 2.05) is 30.3 Å². The van der Waals surface area contributed by atoms with Crippen LogP contribution in [-0.2, 0) is 21.3 Å². The molecular formula is C21H16ClFN2O4S. The van der Waals surface area contributed by atoms with Crippen molar-refractivity contribution in [2.24, 2.45) is 5.10 Å². The van der Waals surface area contributed by atoms with Crippen LogP contribution >= 0.6 is 11.6 Å². The molecule has 1 N–H and O–H groups in total. The Balaban J connectivity index is 1.71. The Kier molecular flexibility index (Phi) is 6.81. The van der Waals surface area contributed by atoms with Crippen LogP contribution in [0, 0.1) is 5.82 Å². The van der Waals surface area contributed by atoms with Crippen LogP contribution in [0.3, 0.4) is 0 Å². The Morgan fingerprint density at radius 3 is 2.50 bits per heavy atom. The quantitative estimate of drug-likeness (QED) is 0.338. The van der Waals surface area contributed by atoms with E-state index in [1.165, 1.54) is 12.3 Å². The summed E-state index contributed by atoms with van der Waals surface area (Å²) in [6.45, 7) is 0. The van der Waals surface area contributed by atoms with E-state index in [9.17, 15) is 17.6 Å². The average Bonchev–Trinajstić information content (AvgIpc) is 2.72. The second-order valence-corrected chi connectivity index (χ2v) is 8.06. The number of hydrazone groups is 1. The van der Waals surface area contributed by atoms with Gasteiger partial charge in [-0.1, -0.05) is 54.1 Å². The van der Waals surface area contributed by atoms with Crippen molar-refractivity contribution in [2.45, 2.75) is 11.3 Å².